The van der Waals surface area contributed by atoms with Gasteiger partial charge in [-0.1, -0.05) is 48.5 Å². The normalized spacial score (nSPS) is 10.6. The molecule has 0 saturated heterocycles. The van der Waals surface area contributed by atoms with E-state index in [-0.39, 0.29) is 5.82 Å². The van der Waals surface area contributed by atoms with Crippen molar-refractivity contribution < 1.29 is 9.13 Å². The Hall–Kier alpha value is -2.35. The van der Waals surface area contributed by atoms with Crippen molar-refractivity contribution in [1.29, 1.82) is 0 Å². The molecule has 0 aliphatic carbocycles. The van der Waals surface area contributed by atoms with Gasteiger partial charge in [-0.2, -0.15) is 0 Å². The van der Waals surface area contributed by atoms with E-state index in [4.69, 9.17) is 4.74 Å². The first-order chi connectivity index (χ1) is 9.31. The zero-order chi connectivity index (χ0) is 13.2. The quantitative estimate of drug-likeness (QED) is 0.644. The van der Waals surface area contributed by atoms with Gasteiger partial charge in [0.2, 0.25) is 0 Å². The minimum atomic E-state index is -0.239. The van der Waals surface area contributed by atoms with Crippen LogP contribution in [0.2, 0.25) is 0 Å². The van der Waals surface area contributed by atoms with Crippen LogP contribution in [0.3, 0.4) is 0 Å². The van der Waals surface area contributed by atoms with Crippen molar-refractivity contribution in [3.05, 3.63) is 66.5 Å². The monoisotopic (exact) mass is 252 g/mol. The summed E-state index contributed by atoms with van der Waals surface area (Å²) >= 11 is 0. The molecule has 0 amide bonds. The predicted octanol–water partition coefficient (Wildman–Crippen LogP) is 4.65. The lowest BCUT2D eigenvalue weighted by Crippen LogP contribution is -1.91. The van der Waals surface area contributed by atoms with Crippen LogP contribution < -0.4 is 4.74 Å². The number of halogens is 1. The Morgan fingerprint density at radius 1 is 0.842 bits per heavy atom. The predicted molar refractivity (Wildman–Crippen MR) is 75.9 cm³/mol. The van der Waals surface area contributed by atoms with Gasteiger partial charge in [-0.25, -0.2) is 4.39 Å². The van der Waals surface area contributed by atoms with Crippen LogP contribution in [0.1, 0.15) is 0 Å². The first-order valence-electron chi connectivity index (χ1n) is 6.12. The summed E-state index contributed by atoms with van der Waals surface area (Å²) in [6, 6.07) is 18.6. The van der Waals surface area contributed by atoms with E-state index in [1.54, 1.807) is 19.2 Å². The van der Waals surface area contributed by atoms with Crippen LogP contribution in [0.25, 0.3) is 21.9 Å². The largest absolute Gasteiger partial charge is 0.496 e. The molecule has 2 heteroatoms. The summed E-state index contributed by atoms with van der Waals surface area (Å²) in [6.45, 7) is 0. The standard InChI is InChI=1S/C17H13FO/c1-19-16-11-10-12-6-2-3-7-13(12)17(16)14-8-4-5-9-15(14)18/h2-11H,1H3. The highest BCUT2D eigenvalue weighted by atomic mass is 19.1. The molecule has 0 N–H and O–H groups in total. The minimum Gasteiger partial charge on any atom is -0.496 e. The fourth-order valence-electron chi connectivity index (χ4n) is 2.36. The molecule has 3 rings (SSSR count). The summed E-state index contributed by atoms with van der Waals surface area (Å²) in [5.41, 5.74) is 1.37. The fourth-order valence-corrected chi connectivity index (χ4v) is 2.36. The summed E-state index contributed by atoms with van der Waals surface area (Å²) in [7, 11) is 1.61. The number of hydrogen-bond acceptors (Lipinski definition) is 1. The third kappa shape index (κ3) is 1.95. The van der Waals surface area contributed by atoms with Crippen molar-refractivity contribution in [1.82, 2.24) is 0 Å². The van der Waals surface area contributed by atoms with E-state index in [2.05, 4.69) is 0 Å². The van der Waals surface area contributed by atoms with Gasteiger partial charge in [-0.05, 0) is 22.9 Å². The maximum Gasteiger partial charge on any atom is 0.131 e. The van der Waals surface area contributed by atoms with Gasteiger partial charge in [0, 0.05) is 11.1 Å². The van der Waals surface area contributed by atoms with Gasteiger partial charge in [0.25, 0.3) is 0 Å². The molecule has 0 bridgehead atoms. The Bertz CT molecular complexity index is 734. The van der Waals surface area contributed by atoms with Gasteiger partial charge < -0.3 is 4.74 Å². The van der Waals surface area contributed by atoms with Crippen LogP contribution in [-0.4, -0.2) is 7.11 Å². The second-order valence-electron chi connectivity index (χ2n) is 4.34. The highest BCUT2D eigenvalue weighted by Crippen LogP contribution is 2.37. The fraction of sp³-hybridized carbons (Fsp3) is 0.0588. The smallest absolute Gasteiger partial charge is 0.131 e. The Morgan fingerprint density at radius 2 is 1.58 bits per heavy atom. The average Bonchev–Trinajstić information content (AvgIpc) is 2.47. The third-order valence-corrected chi connectivity index (χ3v) is 3.25. The number of ether oxygens (including phenoxy) is 1. The molecule has 3 aromatic rings. The second kappa shape index (κ2) is 4.73. The van der Waals surface area contributed by atoms with Gasteiger partial charge in [0.1, 0.15) is 11.6 Å². The summed E-state index contributed by atoms with van der Waals surface area (Å²) in [6.07, 6.45) is 0. The van der Waals surface area contributed by atoms with Gasteiger partial charge in [-0.3, -0.25) is 0 Å². The molecule has 0 aliphatic heterocycles. The molecule has 0 radical (unpaired) electrons. The summed E-state index contributed by atoms with van der Waals surface area (Å²) in [5, 5.41) is 2.06. The van der Waals surface area contributed by atoms with E-state index < -0.39 is 0 Å². The van der Waals surface area contributed by atoms with E-state index in [1.165, 1.54) is 6.07 Å². The minimum absolute atomic E-state index is 0.239. The van der Waals surface area contributed by atoms with Gasteiger partial charge in [0.15, 0.2) is 0 Å². The highest BCUT2D eigenvalue weighted by Gasteiger charge is 2.13. The molecule has 0 aromatic heterocycles. The van der Waals surface area contributed by atoms with E-state index in [0.29, 0.717) is 11.3 Å². The lowest BCUT2D eigenvalue weighted by molar-refractivity contribution is 0.416. The molecule has 0 heterocycles. The number of benzene rings is 3. The maximum atomic E-state index is 14.1. The molecular weight excluding hydrogens is 239 g/mol. The molecule has 0 fully saturated rings. The number of hydrogen-bond donors (Lipinski definition) is 0. The van der Waals surface area contributed by atoms with Crippen molar-refractivity contribution >= 4 is 10.8 Å². The molecule has 0 saturated carbocycles. The number of rotatable bonds is 2. The van der Waals surface area contributed by atoms with Gasteiger partial charge >= 0.3 is 0 Å². The lowest BCUT2D eigenvalue weighted by Gasteiger charge is -2.13. The van der Waals surface area contributed by atoms with Crippen LogP contribution in [0.15, 0.2) is 60.7 Å². The molecule has 0 aliphatic rings. The molecule has 19 heavy (non-hydrogen) atoms. The zero-order valence-corrected chi connectivity index (χ0v) is 10.6. The van der Waals surface area contributed by atoms with Crippen molar-refractivity contribution in [3.63, 3.8) is 0 Å². The second-order valence-corrected chi connectivity index (χ2v) is 4.34. The van der Waals surface area contributed by atoms with Crippen molar-refractivity contribution in [2.75, 3.05) is 7.11 Å². The lowest BCUT2D eigenvalue weighted by atomic mass is 9.97. The Balaban J connectivity index is 2.41. The van der Waals surface area contributed by atoms with E-state index in [9.17, 15) is 4.39 Å². The van der Waals surface area contributed by atoms with Crippen LogP contribution in [0, 0.1) is 5.82 Å². The van der Waals surface area contributed by atoms with Gasteiger partial charge in [0.05, 0.1) is 7.11 Å². The summed E-state index contributed by atoms with van der Waals surface area (Å²) < 4.78 is 19.5. The topological polar surface area (TPSA) is 9.23 Å². The first-order valence-corrected chi connectivity index (χ1v) is 6.12. The first kappa shape index (κ1) is 11.7. The van der Waals surface area contributed by atoms with E-state index in [1.807, 2.05) is 42.5 Å². The van der Waals surface area contributed by atoms with E-state index >= 15 is 0 Å². The average molecular weight is 252 g/mol. The van der Waals surface area contributed by atoms with Gasteiger partial charge in [-0.15, -0.1) is 0 Å². The molecule has 3 aromatic carbocycles. The number of methoxy groups -OCH3 is 1. The van der Waals surface area contributed by atoms with Crippen LogP contribution in [-0.2, 0) is 0 Å². The van der Waals surface area contributed by atoms with Crippen LogP contribution in [0.4, 0.5) is 4.39 Å². The Labute approximate surface area is 111 Å². The molecule has 0 unspecified atom stereocenters. The van der Waals surface area contributed by atoms with E-state index in [0.717, 1.165) is 16.3 Å². The van der Waals surface area contributed by atoms with Crippen LogP contribution >= 0.6 is 0 Å². The molecule has 0 spiro atoms. The molecule has 0 atom stereocenters. The Morgan fingerprint density at radius 3 is 2.37 bits per heavy atom. The molecule has 94 valence electrons. The summed E-state index contributed by atoms with van der Waals surface area (Å²) in [4.78, 5) is 0. The number of fused-ring (bicyclic) bond motifs is 1. The molecular formula is C17H13FO. The van der Waals surface area contributed by atoms with Crippen molar-refractivity contribution in [2.24, 2.45) is 0 Å². The van der Waals surface area contributed by atoms with Crippen molar-refractivity contribution in [3.8, 4) is 16.9 Å². The molecule has 1 nitrogen and oxygen atoms in total. The SMILES string of the molecule is COc1ccc2ccccc2c1-c1ccccc1F. The van der Waals surface area contributed by atoms with Crippen LogP contribution in [0.5, 0.6) is 5.75 Å². The highest BCUT2D eigenvalue weighted by molar-refractivity contribution is 5.99. The Kier molecular flexibility index (Phi) is 2.92. The third-order valence-electron chi connectivity index (χ3n) is 3.25. The maximum absolute atomic E-state index is 14.1. The zero-order valence-electron chi connectivity index (χ0n) is 10.6. The van der Waals surface area contributed by atoms with Crippen molar-refractivity contribution in [2.45, 2.75) is 0 Å². The summed E-state index contributed by atoms with van der Waals surface area (Å²) in [5.74, 6) is 0.445.